The highest BCUT2D eigenvalue weighted by Gasteiger charge is 2.45. The molecule has 0 spiro atoms. The second-order valence-corrected chi connectivity index (χ2v) is 16.1. The lowest BCUT2D eigenvalue weighted by molar-refractivity contribution is -0.158. The van der Waals surface area contributed by atoms with Crippen LogP contribution in [0.25, 0.3) is 0 Å². The van der Waals surface area contributed by atoms with E-state index in [9.17, 15) is 28.8 Å². The van der Waals surface area contributed by atoms with E-state index in [1.807, 2.05) is 60.7 Å². The van der Waals surface area contributed by atoms with E-state index in [1.165, 1.54) is 14.2 Å². The Balaban J connectivity index is 1.20. The molecule has 4 amide bonds. The Morgan fingerprint density at radius 1 is 0.571 bits per heavy atom. The van der Waals surface area contributed by atoms with E-state index >= 15 is 0 Å². The topological polar surface area (TPSA) is 151 Å². The van der Waals surface area contributed by atoms with E-state index in [0.717, 1.165) is 62.5 Å². The number of benzene rings is 2. The third-order valence-electron chi connectivity index (χ3n) is 12.5. The molecule has 0 aromatic heterocycles. The van der Waals surface area contributed by atoms with Crippen LogP contribution in [0.3, 0.4) is 0 Å². The number of esters is 2. The molecular formula is C44H58N4O8. The maximum atomic E-state index is 14.3. The number of amides is 4. The zero-order valence-electron chi connectivity index (χ0n) is 32.9. The summed E-state index contributed by atoms with van der Waals surface area (Å²) in [5.74, 6) is -2.97. The molecule has 2 aromatic carbocycles. The molecule has 302 valence electrons. The fourth-order valence-corrected chi connectivity index (χ4v) is 9.55. The Bertz CT molecular complexity index is 1560. The van der Waals surface area contributed by atoms with E-state index in [2.05, 4.69) is 10.6 Å². The van der Waals surface area contributed by atoms with Crippen LogP contribution in [0.1, 0.15) is 101 Å². The first-order valence-corrected chi connectivity index (χ1v) is 20.7. The first-order valence-electron chi connectivity index (χ1n) is 20.7. The SMILES string of the molecule is COC(=O)C1CCCC2CCCC(NC(=O)C(CCC(Cc3ccccc3)C(=O)NC3CCCC4CCCC(C(=O)OC)N4C3=O)Cc3ccccc3)C(=O)N21. The Kier molecular flexibility index (Phi) is 14.2. The molecule has 4 aliphatic heterocycles. The Hall–Kier alpha value is -4.74. The van der Waals surface area contributed by atoms with Gasteiger partial charge in [-0.25, -0.2) is 9.59 Å². The summed E-state index contributed by atoms with van der Waals surface area (Å²) in [6.07, 6.45) is 9.90. The van der Waals surface area contributed by atoms with Gasteiger partial charge in [-0.05, 0) is 114 Å². The fourth-order valence-electron chi connectivity index (χ4n) is 9.55. The second kappa shape index (κ2) is 19.4. The predicted octanol–water partition coefficient (Wildman–Crippen LogP) is 4.67. The van der Waals surface area contributed by atoms with Crippen LogP contribution in [0.4, 0.5) is 0 Å². The standard InChI is InChI=1S/C44H58N4O8/c1-55-43(53)37-23-11-19-33-17-9-21-35(41(51)47(33)37)45-39(49)31(27-29-13-5-3-6-14-29)25-26-32(28-30-15-7-4-8-16-30)40(50)46-36-22-10-18-34-20-12-24-38(44(54)56-2)48(34)42(36)52/h3-8,13-16,31-38H,9-12,17-28H2,1-2H3,(H,45,49)(H,46,50). The van der Waals surface area contributed by atoms with Gasteiger partial charge in [0.2, 0.25) is 23.6 Å². The normalized spacial score (nSPS) is 26.3. The molecule has 0 saturated carbocycles. The van der Waals surface area contributed by atoms with Gasteiger partial charge in [0.1, 0.15) is 24.2 Å². The van der Waals surface area contributed by atoms with Gasteiger partial charge in [-0.3, -0.25) is 19.2 Å². The van der Waals surface area contributed by atoms with Crippen molar-refractivity contribution in [3.05, 3.63) is 71.8 Å². The summed E-state index contributed by atoms with van der Waals surface area (Å²) < 4.78 is 10.1. The number of nitrogens with zero attached hydrogens (tertiary/aromatic N) is 2. The molecule has 4 aliphatic rings. The smallest absolute Gasteiger partial charge is 0.328 e. The van der Waals surface area contributed by atoms with Gasteiger partial charge in [0.05, 0.1) is 14.2 Å². The molecule has 4 saturated heterocycles. The number of carbonyl (C=O) groups excluding carboxylic acids is 6. The van der Waals surface area contributed by atoms with Crippen LogP contribution in [0.2, 0.25) is 0 Å². The van der Waals surface area contributed by atoms with Gasteiger partial charge in [0.25, 0.3) is 0 Å². The summed E-state index contributed by atoms with van der Waals surface area (Å²) in [5, 5.41) is 6.19. The summed E-state index contributed by atoms with van der Waals surface area (Å²) in [7, 11) is 2.68. The molecule has 0 aliphatic carbocycles. The quantitative estimate of drug-likeness (QED) is 0.279. The number of hydrogen-bond donors (Lipinski definition) is 2. The molecule has 12 nitrogen and oxygen atoms in total. The van der Waals surface area contributed by atoms with Crippen LogP contribution in [0.5, 0.6) is 0 Å². The Labute approximate surface area is 330 Å². The van der Waals surface area contributed by atoms with Crippen molar-refractivity contribution in [3.8, 4) is 0 Å². The first-order chi connectivity index (χ1) is 27.2. The molecule has 2 N–H and O–H groups in total. The molecule has 0 bridgehead atoms. The summed E-state index contributed by atoms with van der Waals surface area (Å²) in [5.41, 5.74) is 1.93. The highest BCUT2D eigenvalue weighted by Crippen LogP contribution is 2.33. The van der Waals surface area contributed by atoms with Crippen LogP contribution in [0.15, 0.2) is 60.7 Å². The third-order valence-corrected chi connectivity index (χ3v) is 12.5. The van der Waals surface area contributed by atoms with Crippen LogP contribution in [0, 0.1) is 11.8 Å². The van der Waals surface area contributed by atoms with Crippen LogP contribution < -0.4 is 10.6 Å². The number of methoxy groups -OCH3 is 2. The van der Waals surface area contributed by atoms with Gasteiger partial charge >= 0.3 is 11.9 Å². The highest BCUT2D eigenvalue weighted by molar-refractivity contribution is 5.93. The van der Waals surface area contributed by atoms with Gasteiger partial charge in [-0.2, -0.15) is 0 Å². The maximum Gasteiger partial charge on any atom is 0.328 e. The minimum absolute atomic E-state index is 0.0629. The number of fused-ring (bicyclic) bond motifs is 2. The third kappa shape index (κ3) is 9.79. The number of ether oxygens (including phenoxy) is 2. The first kappa shape index (κ1) is 40.9. The summed E-state index contributed by atoms with van der Waals surface area (Å²) in [4.78, 5) is 85.7. The zero-order valence-corrected chi connectivity index (χ0v) is 32.9. The minimum Gasteiger partial charge on any atom is -0.467 e. The van der Waals surface area contributed by atoms with Crippen molar-refractivity contribution in [1.29, 1.82) is 0 Å². The molecule has 12 heteroatoms. The van der Waals surface area contributed by atoms with Crippen LogP contribution >= 0.6 is 0 Å². The lowest BCUT2D eigenvalue weighted by atomic mass is 9.86. The van der Waals surface area contributed by atoms with Gasteiger partial charge in [-0.1, -0.05) is 60.7 Å². The Morgan fingerprint density at radius 3 is 1.29 bits per heavy atom. The van der Waals surface area contributed by atoms with Crippen molar-refractivity contribution in [3.63, 3.8) is 0 Å². The zero-order chi connectivity index (χ0) is 39.6. The highest BCUT2D eigenvalue weighted by atomic mass is 16.5. The predicted molar refractivity (Wildman–Crippen MR) is 209 cm³/mol. The molecule has 8 atom stereocenters. The van der Waals surface area contributed by atoms with Crippen molar-refractivity contribution in [1.82, 2.24) is 20.4 Å². The lowest BCUT2D eigenvalue weighted by Gasteiger charge is -2.40. The van der Waals surface area contributed by atoms with Crippen molar-refractivity contribution in [2.75, 3.05) is 14.2 Å². The van der Waals surface area contributed by atoms with Gasteiger partial charge in [0, 0.05) is 23.9 Å². The number of piperidine rings is 2. The van der Waals surface area contributed by atoms with E-state index < -0.39 is 47.9 Å². The molecule has 8 unspecified atom stereocenters. The monoisotopic (exact) mass is 770 g/mol. The van der Waals surface area contributed by atoms with Crippen molar-refractivity contribution in [2.24, 2.45) is 11.8 Å². The molecule has 6 rings (SSSR count). The summed E-state index contributed by atoms with van der Waals surface area (Å²) >= 11 is 0. The summed E-state index contributed by atoms with van der Waals surface area (Å²) in [6.45, 7) is 0. The number of nitrogens with one attached hydrogen (secondary N) is 2. The van der Waals surface area contributed by atoms with Gasteiger partial charge in [-0.15, -0.1) is 0 Å². The lowest BCUT2D eigenvalue weighted by Crippen LogP contribution is -2.58. The minimum atomic E-state index is -0.770. The second-order valence-electron chi connectivity index (χ2n) is 16.1. The average molecular weight is 771 g/mol. The largest absolute Gasteiger partial charge is 0.467 e. The van der Waals surface area contributed by atoms with Crippen molar-refractivity contribution in [2.45, 2.75) is 139 Å². The molecular weight excluding hydrogens is 713 g/mol. The molecule has 4 fully saturated rings. The molecule has 0 radical (unpaired) electrons. The van der Waals surface area contributed by atoms with Gasteiger partial charge < -0.3 is 29.9 Å². The molecule has 4 heterocycles. The van der Waals surface area contributed by atoms with Crippen LogP contribution in [-0.2, 0) is 51.1 Å². The number of rotatable bonds is 13. The van der Waals surface area contributed by atoms with E-state index in [-0.39, 0.29) is 35.7 Å². The van der Waals surface area contributed by atoms with Crippen molar-refractivity contribution < 1.29 is 38.2 Å². The van der Waals surface area contributed by atoms with Crippen molar-refractivity contribution >= 4 is 35.6 Å². The van der Waals surface area contributed by atoms with E-state index in [4.69, 9.17) is 9.47 Å². The number of hydrogen-bond acceptors (Lipinski definition) is 8. The Morgan fingerprint density at radius 2 is 0.929 bits per heavy atom. The van der Waals surface area contributed by atoms with E-state index in [0.29, 0.717) is 51.4 Å². The van der Waals surface area contributed by atoms with Crippen LogP contribution in [-0.4, -0.2) is 95.8 Å². The summed E-state index contributed by atoms with van der Waals surface area (Å²) in [6, 6.07) is 16.4. The van der Waals surface area contributed by atoms with E-state index in [1.54, 1.807) is 9.80 Å². The average Bonchev–Trinajstić information content (AvgIpc) is 3.48. The van der Waals surface area contributed by atoms with Gasteiger partial charge in [0.15, 0.2) is 0 Å². The molecule has 2 aromatic rings. The maximum absolute atomic E-state index is 14.3. The number of carbonyl (C=O) groups is 6. The fraction of sp³-hybridized carbons (Fsp3) is 0.591. The molecule has 56 heavy (non-hydrogen) atoms.